The molecule has 2 aliphatic heterocycles. The highest BCUT2D eigenvalue weighted by atomic mass is 16.7. The summed E-state index contributed by atoms with van der Waals surface area (Å²) >= 11 is 0. The molecule has 0 bridgehead atoms. The van der Waals surface area contributed by atoms with Crippen molar-refractivity contribution in [2.45, 2.75) is 96.3 Å². The molecule has 0 aromatic rings. The van der Waals surface area contributed by atoms with Crippen LogP contribution in [0.15, 0.2) is 0 Å². The molecule has 2 rings (SSSR count). The Bertz CT molecular complexity index is 510. The maximum atomic E-state index is 10.5. The Balaban J connectivity index is 2.27. The smallest absolute Gasteiger partial charge is 0.184 e. The summed E-state index contributed by atoms with van der Waals surface area (Å²) in [5.74, 6) is 0. The molecule has 33 heavy (non-hydrogen) atoms. The Kier molecular flexibility index (Phi) is 13.6. The first-order chi connectivity index (χ1) is 16.0. The van der Waals surface area contributed by atoms with Gasteiger partial charge in [0.1, 0.15) is 36.6 Å². The van der Waals surface area contributed by atoms with E-state index >= 15 is 0 Å². The third-order valence-corrected chi connectivity index (χ3v) is 5.76. The largest absolute Gasteiger partial charge is 0.379 e. The molecule has 2 aliphatic rings. The Labute approximate surface area is 198 Å². The first-order valence-corrected chi connectivity index (χ1v) is 12.2. The molecule has 9 atom stereocenters. The van der Waals surface area contributed by atoms with E-state index in [-0.39, 0.29) is 24.9 Å². The van der Waals surface area contributed by atoms with Crippen LogP contribution in [0.2, 0.25) is 0 Å². The second-order valence-corrected chi connectivity index (χ2v) is 7.87. The standard InChI is InChI=1S/C23H44O10/c1-7-26-13-17-15(28-9-3)12-16(29-10-4)23(32-17)33-19-18(14-27-8-2)31-22(24)21(25-6)20(19)30-11-5/h15-24H,7-14H2,1-6H3/t15-,16+,17+,18+,19+,20-,21+,22+,23-/m0/s1. The SMILES string of the molecule is CCOC[C@H]1O[C@@H](O)[C@H](OC)[C@@H](OCC)[C@@H]1O[C@@H]1O[C@H](COCC)[C@@H](OCC)C[C@H]1OCC. The highest BCUT2D eigenvalue weighted by Gasteiger charge is 2.50. The highest BCUT2D eigenvalue weighted by Crippen LogP contribution is 2.32. The maximum absolute atomic E-state index is 10.5. The van der Waals surface area contributed by atoms with Crippen molar-refractivity contribution < 1.29 is 47.7 Å². The molecular formula is C23H44O10. The second kappa shape index (κ2) is 15.6. The summed E-state index contributed by atoms with van der Waals surface area (Å²) in [5.41, 5.74) is 0. The molecular weight excluding hydrogens is 436 g/mol. The fourth-order valence-electron chi connectivity index (χ4n) is 4.31. The number of methoxy groups -OCH3 is 1. The number of aliphatic hydroxyl groups excluding tert-OH is 1. The first kappa shape index (κ1) is 28.8. The fraction of sp³-hybridized carbons (Fsp3) is 1.00. The first-order valence-electron chi connectivity index (χ1n) is 12.2. The van der Waals surface area contributed by atoms with Crippen molar-refractivity contribution in [3.8, 4) is 0 Å². The van der Waals surface area contributed by atoms with Gasteiger partial charge in [-0.3, -0.25) is 0 Å². The number of hydrogen-bond donors (Lipinski definition) is 1. The van der Waals surface area contributed by atoms with Gasteiger partial charge in [0.2, 0.25) is 0 Å². The lowest BCUT2D eigenvalue weighted by Crippen LogP contribution is -2.63. The lowest BCUT2D eigenvalue weighted by Gasteiger charge is -2.47. The van der Waals surface area contributed by atoms with Crippen molar-refractivity contribution in [1.82, 2.24) is 0 Å². The Morgan fingerprint density at radius 1 is 0.697 bits per heavy atom. The average molecular weight is 481 g/mol. The van der Waals surface area contributed by atoms with E-state index in [1.165, 1.54) is 7.11 Å². The molecule has 0 spiro atoms. The zero-order chi connectivity index (χ0) is 24.2. The molecule has 0 saturated carbocycles. The van der Waals surface area contributed by atoms with Gasteiger partial charge in [0, 0.05) is 46.6 Å². The molecule has 10 nitrogen and oxygen atoms in total. The molecule has 0 aromatic heterocycles. The minimum atomic E-state index is -1.17. The molecule has 0 unspecified atom stereocenters. The zero-order valence-corrected chi connectivity index (χ0v) is 21.0. The fourth-order valence-corrected chi connectivity index (χ4v) is 4.31. The number of hydrogen-bond acceptors (Lipinski definition) is 10. The Morgan fingerprint density at radius 3 is 1.88 bits per heavy atom. The van der Waals surface area contributed by atoms with Gasteiger partial charge in [0.05, 0.1) is 19.3 Å². The highest BCUT2D eigenvalue weighted by molar-refractivity contribution is 4.94. The number of ether oxygens (including phenoxy) is 9. The van der Waals surface area contributed by atoms with Crippen molar-refractivity contribution in [3.05, 3.63) is 0 Å². The molecule has 0 aliphatic carbocycles. The van der Waals surface area contributed by atoms with Crippen LogP contribution >= 0.6 is 0 Å². The van der Waals surface area contributed by atoms with Crippen LogP contribution in [0.5, 0.6) is 0 Å². The zero-order valence-electron chi connectivity index (χ0n) is 21.0. The van der Waals surface area contributed by atoms with Crippen LogP contribution in [0, 0.1) is 0 Å². The maximum Gasteiger partial charge on any atom is 0.184 e. The van der Waals surface area contributed by atoms with E-state index in [4.69, 9.17) is 42.6 Å². The van der Waals surface area contributed by atoms with Gasteiger partial charge in [-0.2, -0.15) is 0 Å². The van der Waals surface area contributed by atoms with Gasteiger partial charge in [-0.15, -0.1) is 0 Å². The van der Waals surface area contributed by atoms with Crippen molar-refractivity contribution in [2.24, 2.45) is 0 Å². The van der Waals surface area contributed by atoms with Crippen molar-refractivity contribution >= 4 is 0 Å². The van der Waals surface area contributed by atoms with E-state index in [2.05, 4.69) is 0 Å². The minimum absolute atomic E-state index is 0.170. The van der Waals surface area contributed by atoms with Crippen LogP contribution in [-0.4, -0.2) is 114 Å². The van der Waals surface area contributed by atoms with E-state index in [1.54, 1.807) is 0 Å². The lowest BCUT2D eigenvalue weighted by atomic mass is 9.97. The van der Waals surface area contributed by atoms with Crippen LogP contribution in [0.25, 0.3) is 0 Å². The topological polar surface area (TPSA) is 103 Å². The molecule has 196 valence electrons. The summed E-state index contributed by atoms with van der Waals surface area (Å²) in [6, 6.07) is 0. The third kappa shape index (κ3) is 8.06. The van der Waals surface area contributed by atoms with Crippen LogP contribution in [0.1, 0.15) is 41.0 Å². The van der Waals surface area contributed by atoms with E-state index in [1.807, 2.05) is 34.6 Å². The number of aliphatic hydroxyl groups is 1. The van der Waals surface area contributed by atoms with E-state index in [0.717, 1.165) is 0 Å². The molecule has 2 heterocycles. The van der Waals surface area contributed by atoms with Crippen LogP contribution in [-0.2, 0) is 42.6 Å². The van der Waals surface area contributed by atoms with Gasteiger partial charge in [0.15, 0.2) is 12.6 Å². The van der Waals surface area contributed by atoms with Crippen LogP contribution in [0.4, 0.5) is 0 Å². The van der Waals surface area contributed by atoms with Gasteiger partial charge in [-0.05, 0) is 34.6 Å². The summed E-state index contributed by atoms with van der Waals surface area (Å²) in [7, 11) is 1.51. The Morgan fingerprint density at radius 2 is 1.30 bits per heavy atom. The van der Waals surface area contributed by atoms with Crippen molar-refractivity contribution in [1.29, 1.82) is 0 Å². The minimum Gasteiger partial charge on any atom is -0.379 e. The van der Waals surface area contributed by atoms with Crippen LogP contribution < -0.4 is 0 Å². The number of rotatable bonds is 15. The summed E-state index contributed by atoms with van der Waals surface area (Å²) in [5, 5.41) is 10.5. The lowest BCUT2D eigenvalue weighted by molar-refractivity contribution is -0.355. The Hall–Kier alpha value is -0.400. The van der Waals surface area contributed by atoms with Gasteiger partial charge >= 0.3 is 0 Å². The molecule has 0 amide bonds. The second-order valence-electron chi connectivity index (χ2n) is 7.87. The van der Waals surface area contributed by atoms with E-state index in [0.29, 0.717) is 46.1 Å². The normalized spacial score (nSPS) is 37.4. The van der Waals surface area contributed by atoms with Crippen molar-refractivity contribution in [2.75, 3.05) is 53.4 Å². The van der Waals surface area contributed by atoms with Crippen molar-refractivity contribution in [3.63, 3.8) is 0 Å². The predicted molar refractivity (Wildman–Crippen MR) is 119 cm³/mol. The molecule has 1 N–H and O–H groups in total. The molecule has 0 radical (unpaired) electrons. The third-order valence-electron chi connectivity index (χ3n) is 5.76. The summed E-state index contributed by atoms with van der Waals surface area (Å²) < 4.78 is 53.3. The molecule has 10 heteroatoms. The van der Waals surface area contributed by atoms with Gasteiger partial charge < -0.3 is 47.7 Å². The van der Waals surface area contributed by atoms with Gasteiger partial charge in [-0.25, -0.2) is 0 Å². The summed E-state index contributed by atoms with van der Waals surface area (Å²) in [6.07, 6.45) is -4.62. The quantitative estimate of drug-likeness (QED) is 0.371. The molecule has 2 saturated heterocycles. The molecule has 2 fully saturated rings. The molecule has 0 aromatic carbocycles. The van der Waals surface area contributed by atoms with Crippen LogP contribution in [0.3, 0.4) is 0 Å². The predicted octanol–water partition coefficient (Wildman–Crippen LogP) is 1.51. The summed E-state index contributed by atoms with van der Waals surface area (Å²) in [4.78, 5) is 0. The van der Waals surface area contributed by atoms with E-state index in [9.17, 15) is 5.11 Å². The van der Waals surface area contributed by atoms with E-state index < -0.39 is 37.0 Å². The average Bonchev–Trinajstić information content (AvgIpc) is 2.80. The van der Waals surface area contributed by atoms with Gasteiger partial charge in [0.25, 0.3) is 0 Å². The summed E-state index contributed by atoms with van der Waals surface area (Å²) in [6.45, 7) is 12.8. The monoisotopic (exact) mass is 480 g/mol. The van der Waals surface area contributed by atoms with Gasteiger partial charge in [-0.1, -0.05) is 0 Å².